The number of alkyl halides is 2. The average molecular weight is 270 g/mol. The van der Waals surface area contributed by atoms with Crippen LogP contribution in [0, 0.1) is 0 Å². The highest BCUT2D eigenvalue weighted by Gasteiger charge is 2.17. The molecule has 0 radical (unpaired) electrons. The minimum Gasteiger partial charge on any atom is -0.435 e. The molecule has 0 spiro atoms. The maximum absolute atomic E-state index is 12.1. The molecule has 0 atom stereocenters. The highest BCUT2D eigenvalue weighted by molar-refractivity contribution is 5.48. The molecule has 0 unspecified atom stereocenters. The van der Waals surface area contributed by atoms with Crippen molar-refractivity contribution in [3.8, 4) is 5.75 Å². The van der Waals surface area contributed by atoms with Crippen LogP contribution in [0.2, 0.25) is 0 Å². The van der Waals surface area contributed by atoms with Gasteiger partial charge in [0.2, 0.25) is 0 Å². The Morgan fingerprint density at radius 2 is 2.11 bits per heavy atom. The molecule has 1 aliphatic heterocycles. The number of anilines is 1. The van der Waals surface area contributed by atoms with Crippen molar-refractivity contribution >= 4 is 5.69 Å². The first-order valence-electron chi connectivity index (χ1n) is 6.71. The fraction of sp³-hybridized carbons (Fsp3) is 0.571. The van der Waals surface area contributed by atoms with E-state index in [9.17, 15) is 8.78 Å². The molecule has 1 aliphatic rings. The van der Waals surface area contributed by atoms with Crippen molar-refractivity contribution in [2.75, 3.05) is 25.0 Å². The molecule has 0 aromatic heterocycles. The van der Waals surface area contributed by atoms with Gasteiger partial charge in [-0.1, -0.05) is 13.0 Å². The number of ether oxygens (including phenoxy) is 1. The van der Waals surface area contributed by atoms with E-state index < -0.39 is 6.61 Å². The lowest BCUT2D eigenvalue weighted by Gasteiger charge is -2.32. The number of likely N-dealkylation sites (tertiary alicyclic amines) is 1. The number of halogens is 2. The predicted octanol–water partition coefficient (Wildman–Crippen LogP) is 3.18. The van der Waals surface area contributed by atoms with Gasteiger partial charge in [0.05, 0.1) is 0 Å². The number of hydrogen-bond donors (Lipinski definition) is 1. The van der Waals surface area contributed by atoms with E-state index in [0.29, 0.717) is 6.04 Å². The van der Waals surface area contributed by atoms with Crippen molar-refractivity contribution in [3.05, 3.63) is 24.3 Å². The van der Waals surface area contributed by atoms with Crippen molar-refractivity contribution in [2.45, 2.75) is 32.4 Å². The Bertz CT molecular complexity index is 393. The molecule has 1 N–H and O–H groups in total. The molecular formula is C14H20F2N2O. The summed E-state index contributed by atoms with van der Waals surface area (Å²) in [5.41, 5.74) is 0.841. The smallest absolute Gasteiger partial charge is 0.387 e. The molecule has 1 heterocycles. The lowest BCUT2D eigenvalue weighted by Crippen LogP contribution is -2.38. The number of nitrogens with zero attached hydrogens (tertiary/aromatic N) is 1. The number of hydrogen-bond acceptors (Lipinski definition) is 3. The molecule has 5 heteroatoms. The minimum absolute atomic E-state index is 0.200. The third kappa shape index (κ3) is 4.35. The maximum Gasteiger partial charge on any atom is 0.387 e. The predicted molar refractivity (Wildman–Crippen MR) is 71.8 cm³/mol. The second kappa shape index (κ2) is 6.70. The zero-order valence-electron chi connectivity index (χ0n) is 11.1. The number of piperidine rings is 1. The van der Waals surface area contributed by atoms with Gasteiger partial charge >= 0.3 is 6.61 Å². The van der Waals surface area contributed by atoms with Gasteiger partial charge in [-0.15, -0.1) is 0 Å². The molecule has 0 saturated carbocycles. The lowest BCUT2D eigenvalue weighted by atomic mass is 10.0. The molecule has 3 nitrogen and oxygen atoms in total. The summed E-state index contributed by atoms with van der Waals surface area (Å²) in [5.74, 6) is 0.200. The normalized spacial score (nSPS) is 17.7. The summed E-state index contributed by atoms with van der Waals surface area (Å²) in [7, 11) is 0. The summed E-state index contributed by atoms with van der Waals surface area (Å²) < 4.78 is 28.7. The Labute approximate surface area is 112 Å². The first-order chi connectivity index (χ1) is 9.17. The fourth-order valence-electron chi connectivity index (χ4n) is 2.39. The Morgan fingerprint density at radius 3 is 2.74 bits per heavy atom. The van der Waals surface area contributed by atoms with Crippen LogP contribution in [-0.2, 0) is 0 Å². The van der Waals surface area contributed by atoms with Gasteiger partial charge in [-0.05, 0) is 31.5 Å². The molecule has 1 aromatic rings. The first-order valence-corrected chi connectivity index (χ1v) is 6.71. The number of benzene rings is 1. The van der Waals surface area contributed by atoms with E-state index in [-0.39, 0.29) is 5.75 Å². The van der Waals surface area contributed by atoms with Crippen LogP contribution in [0.4, 0.5) is 14.5 Å². The van der Waals surface area contributed by atoms with Crippen LogP contribution in [0.25, 0.3) is 0 Å². The Hall–Kier alpha value is -1.36. The van der Waals surface area contributed by atoms with E-state index in [1.807, 2.05) is 6.07 Å². The van der Waals surface area contributed by atoms with E-state index in [2.05, 4.69) is 21.9 Å². The molecule has 19 heavy (non-hydrogen) atoms. The largest absolute Gasteiger partial charge is 0.435 e. The van der Waals surface area contributed by atoms with Crippen molar-refractivity contribution in [1.82, 2.24) is 4.90 Å². The first kappa shape index (κ1) is 14.1. The lowest BCUT2D eigenvalue weighted by molar-refractivity contribution is -0.0498. The van der Waals surface area contributed by atoms with Crippen LogP contribution in [0.1, 0.15) is 19.8 Å². The van der Waals surface area contributed by atoms with Crippen LogP contribution in [0.15, 0.2) is 24.3 Å². The van der Waals surface area contributed by atoms with Crippen LogP contribution in [0.3, 0.4) is 0 Å². The molecule has 0 aliphatic carbocycles. The van der Waals surface area contributed by atoms with E-state index >= 15 is 0 Å². The molecular weight excluding hydrogens is 250 g/mol. The van der Waals surface area contributed by atoms with E-state index in [4.69, 9.17) is 0 Å². The van der Waals surface area contributed by atoms with Gasteiger partial charge in [-0.3, -0.25) is 0 Å². The third-order valence-electron chi connectivity index (χ3n) is 3.46. The van der Waals surface area contributed by atoms with Crippen LogP contribution in [-0.4, -0.2) is 37.2 Å². The summed E-state index contributed by atoms with van der Waals surface area (Å²) in [4.78, 5) is 2.41. The van der Waals surface area contributed by atoms with E-state index in [1.165, 1.54) is 6.07 Å². The molecule has 1 saturated heterocycles. The SMILES string of the molecule is CCN1CCC(Nc2cccc(OC(F)F)c2)CC1. The van der Waals surface area contributed by atoms with Gasteiger partial charge in [-0.2, -0.15) is 8.78 Å². The number of nitrogens with one attached hydrogen (secondary N) is 1. The summed E-state index contributed by atoms with van der Waals surface area (Å²) in [6.45, 7) is 2.65. The highest BCUT2D eigenvalue weighted by Crippen LogP contribution is 2.22. The van der Waals surface area contributed by atoms with Gasteiger partial charge in [0, 0.05) is 30.9 Å². The van der Waals surface area contributed by atoms with E-state index in [0.717, 1.165) is 38.2 Å². The fourth-order valence-corrected chi connectivity index (χ4v) is 2.39. The summed E-state index contributed by atoms with van der Waals surface area (Å²) in [6, 6.07) is 7.17. The van der Waals surface area contributed by atoms with Gasteiger partial charge in [0.1, 0.15) is 5.75 Å². The maximum atomic E-state index is 12.1. The second-order valence-corrected chi connectivity index (χ2v) is 4.76. The van der Waals surface area contributed by atoms with Gasteiger partial charge in [-0.25, -0.2) is 0 Å². The standard InChI is InChI=1S/C14H20F2N2O/c1-2-18-8-6-11(7-9-18)17-12-4-3-5-13(10-12)19-14(15)16/h3-5,10-11,14,17H,2,6-9H2,1H3. The minimum atomic E-state index is -2.77. The highest BCUT2D eigenvalue weighted by atomic mass is 19.3. The van der Waals surface area contributed by atoms with Crippen molar-refractivity contribution in [3.63, 3.8) is 0 Å². The molecule has 0 bridgehead atoms. The van der Waals surface area contributed by atoms with Crippen molar-refractivity contribution < 1.29 is 13.5 Å². The third-order valence-corrected chi connectivity index (χ3v) is 3.46. The van der Waals surface area contributed by atoms with Gasteiger partial charge in [0.25, 0.3) is 0 Å². The Morgan fingerprint density at radius 1 is 1.37 bits per heavy atom. The van der Waals surface area contributed by atoms with Crippen LogP contribution < -0.4 is 10.1 Å². The Balaban J connectivity index is 1.89. The van der Waals surface area contributed by atoms with Crippen molar-refractivity contribution in [2.24, 2.45) is 0 Å². The monoisotopic (exact) mass is 270 g/mol. The molecule has 106 valence electrons. The zero-order chi connectivity index (χ0) is 13.7. The Kier molecular flexibility index (Phi) is 4.96. The van der Waals surface area contributed by atoms with E-state index in [1.54, 1.807) is 12.1 Å². The van der Waals surface area contributed by atoms with Crippen molar-refractivity contribution in [1.29, 1.82) is 0 Å². The zero-order valence-corrected chi connectivity index (χ0v) is 11.1. The van der Waals surface area contributed by atoms with Crippen LogP contribution >= 0.6 is 0 Å². The molecule has 1 aromatic carbocycles. The second-order valence-electron chi connectivity index (χ2n) is 4.76. The molecule has 0 amide bonds. The van der Waals surface area contributed by atoms with Crippen LogP contribution in [0.5, 0.6) is 5.75 Å². The topological polar surface area (TPSA) is 24.5 Å². The summed E-state index contributed by atoms with van der Waals surface area (Å²) >= 11 is 0. The molecule has 2 rings (SSSR count). The number of rotatable bonds is 5. The average Bonchev–Trinajstić information content (AvgIpc) is 2.39. The van der Waals surface area contributed by atoms with Gasteiger partial charge in [0.15, 0.2) is 0 Å². The summed E-state index contributed by atoms with van der Waals surface area (Å²) in [5, 5.41) is 3.39. The summed E-state index contributed by atoms with van der Waals surface area (Å²) in [6.07, 6.45) is 2.15. The van der Waals surface area contributed by atoms with Gasteiger partial charge < -0.3 is 15.0 Å². The molecule has 1 fully saturated rings. The quantitative estimate of drug-likeness (QED) is 0.889.